The van der Waals surface area contributed by atoms with E-state index in [2.05, 4.69) is 22.2 Å². The molecular formula is C20H28N4O2. The third-order valence-corrected chi connectivity index (χ3v) is 5.38. The summed E-state index contributed by atoms with van der Waals surface area (Å²) in [6.45, 7) is 2.31. The second kappa shape index (κ2) is 8.94. The van der Waals surface area contributed by atoms with E-state index in [1.54, 1.807) is 11.0 Å². The van der Waals surface area contributed by atoms with Crippen molar-refractivity contribution in [3.63, 3.8) is 0 Å². The van der Waals surface area contributed by atoms with Crippen LogP contribution >= 0.6 is 0 Å². The minimum absolute atomic E-state index is 0.141. The van der Waals surface area contributed by atoms with Crippen LogP contribution in [-0.4, -0.2) is 50.4 Å². The Morgan fingerprint density at radius 1 is 1.27 bits per heavy atom. The first-order chi connectivity index (χ1) is 12.7. The van der Waals surface area contributed by atoms with Crippen molar-refractivity contribution < 1.29 is 9.90 Å². The molecule has 0 saturated carbocycles. The minimum atomic E-state index is -0.171. The van der Waals surface area contributed by atoms with Gasteiger partial charge in [-0.1, -0.05) is 30.3 Å². The summed E-state index contributed by atoms with van der Waals surface area (Å²) in [6, 6.07) is 10.4. The Hall–Kier alpha value is -2.21. The van der Waals surface area contributed by atoms with E-state index in [1.807, 2.05) is 23.1 Å². The summed E-state index contributed by atoms with van der Waals surface area (Å²) in [6.07, 6.45) is 8.25. The summed E-state index contributed by atoms with van der Waals surface area (Å²) in [5.41, 5.74) is 1.12. The number of rotatable bonds is 8. The first kappa shape index (κ1) is 18.6. The normalized spacial score (nSPS) is 20.3. The average Bonchev–Trinajstić information content (AvgIpc) is 3.21. The molecule has 1 atom stereocenters. The molecule has 1 aromatic heterocycles. The zero-order valence-corrected chi connectivity index (χ0v) is 15.3. The highest BCUT2D eigenvalue weighted by Gasteiger charge is 2.36. The van der Waals surface area contributed by atoms with E-state index in [0.29, 0.717) is 19.5 Å². The van der Waals surface area contributed by atoms with Crippen LogP contribution < -0.4 is 0 Å². The predicted octanol–water partition coefficient (Wildman–Crippen LogP) is 2.29. The van der Waals surface area contributed by atoms with Crippen molar-refractivity contribution in [2.24, 2.45) is 5.41 Å². The Morgan fingerprint density at radius 3 is 2.85 bits per heavy atom. The van der Waals surface area contributed by atoms with Gasteiger partial charge in [0.05, 0.1) is 6.61 Å². The highest BCUT2D eigenvalue weighted by Crippen LogP contribution is 2.34. The lowest BCUT2D eigenvalue weighted by atomic mass is 9.76. The number of benzene rings is 1. The molecule has 1 aromatic carbocycles. The average molecular weight is 356 g/mol. The Labute approximate surface area is 154 Å². The molecule has 1 saturated heterocycles. The van der Waals surface area contributed by atoms with Gasteiger partial charge >= 0.3 is 0 Å². The van der Waals surface area contributed by atoms with E-state index in [4.69, 9.17) is 0 Å². The number of hydrogen-bond acceptors (Lipinski definition) is 4. The fourth-order valence-electron chi connectivity index (χ4n) is 3.79. The molecule has 6 nitrogen and oxygen atoms in total. The molecule has 1 aliphatic rings. The molecule has 3 rings (SSSR count). The fourth-order valence-corrected chi connectivity index (χ4v) is 3.79. The van der Waals surface area contributed by atoms with Gasteiger partial charge in [-0.25, -0.2) is 4.98 Å². The molecule has 2 heterocycles. The predicted molar refractivity (Wildman–Crippen MR) is 99.4 cm³/mol. The smallest absolute Gasteiger partial charge is 0.222 e. The fraction of sp³-hybridized carbons (Fsp3) is 0.550. The second-order valence-electron chi connectivity index (χ2n) is 7.32. The third kappa shape index (κ3) is 4.91. The third-order valence-electron chi connectivity index (χ3n) is 5.38. The maximum atomic E-state index is 12.6. The number of aryl methyl sites for hydroxylation is 2. The standard InChI is InChI=1S/C20H28N4O2/c25-15-20(11-9-18-6-2-1-3-7-18)10-5-12-23(14-20)19(26)8-4-13-24-17-21-16-22-24/h1-3,6-7,16-17,25H,4-5,8-15H2/t20-/m0/s1. The topological polar surface area (TPSA) is 71.2 Å². The van der Waals surface area contributed by atoms with Crippen molar-refractivity contribution in [1.29, 1.82) is 0 Å². The van der Waals surface area contributed by atoms with Gasteiger partial charge in [-0.2, -0.15) is 5.10 Å². The molecule has 0 radical (unpaired) electrons. The molecular weight excluding hydrogens is 328 g/mol. The Morgan fingerprint density at radius 2 is 2.12 bits per heavy atom. The van der Waals surface area contributed by atoms with Gasteiger partial charge < -0.3 is 10.0 Å². The number of likely N-dealkylation sites (tertiary alicyclic amines) is 1. The molecule has 2 aromatic rings. The van der Waals surface area contributed by atoms with Crippen LogP contribution in [0.1, 0.15) is 37.7 Å². The van der Waals surface area contributed by atoms with Crippen LogP contribution in [0.25, 0.3) is 0 Å². The van der Waals surface area contributed by atoms with Crippen LogP contribution in [0.4, 0.5) is 0 Å². The van der Waals surface area contributed by atoms with Gasteiger partial charge in [0.2, 0.25) is 5.91 Å². The summed E-state index contributed by atoms with van der Waals surface area (Å²) in [5.74, 6) is 0.183. The van der Waals surface area contributed by atoms with Crippen molar-refractivity contribution in [3.8, 4) is 0 Å². The van der Waals surface area contributed by atoms with Gasteiger partial charge in [0, 0.05) is 31.5 Å². The van der Waals surface area contributed by atoms with Gasteiger partial charge in [0.15, 0.2) is 0 Å². The molecule has 1 N–H and O–H groups in total. The first-order valence-corrected chi connectivity index (χ1v) is 9.46. The molecule has 1 fully saturated rings. The maximum absolute atomic E-state index is 12.6. The zero-order valence-electron chi connectivity index (χ0n) is 15.3. The van der Waals surface area contributed by atoms with Crippen LogP contribution in [-0.2, 0) is 17.8 Å². The molecule has 26 heavy (non-hydrogen) atoms. The van der Waals surface area contributed by atoms with Crippen LogP contribution in [0.3, 0.4) is 0 Å². The molecule has 0 bridgehead atoms. The maximum Gasteiger partial charge on any atom is 0.222 e. The molecule has 6 heteroatoms. The number of carbonyl (C=O) groups is 1. The number of amides is 1. The Balaban J connectivity index is 1.51. The van der Waals surface area contributed by atoms with Crippen molar-refractivity contribution in [3.05, 3.63) is 48.5 Å². The number of aliphatic hydroxyl groups excluding tert-OH is 1. The highest BCUT2D eigenvalue weighted by molar-refractivity contribution is 5.76. The molecule has 0 unspecified atom stereocenters. The lowest BCUT2D eigenvalue weighted by Gasteiger charge is -2.42. The number of piperidine rings is 1. The minimum Gasteiger partial charge on any atom is -0.396 e. The van der Waals surface area contributed by atoms with Crippen LogP contribution in [0.15, 0.2) is 43.0 Å². The largest absolute Gasteiger partial charge is 0.396 e. The monoisotopic (exact) mass is 356 g/mol. The van der Waals surface area contributed by atoms with E-state index in [0.717, 1.165) is 38.6 Å². The van der Waals surface area contributed by atoms with Gasteiger partial charge in [0.1, 0.15) is 12.7 Å². The van der Waals surface area contributed by atoms with Gasteiger partial charge in [-0.15, -0.1) is 0 Å². The number of aromatic nitrogens is 3. The van der Waals surface area contributed by atoms with E-state index in [9.17, 15) is 9.90 Å². The number of hydrogen-bond donors (Lipinski definition) is 1. The summed E-state index contributed by atoms with van der Waals surface area (Å²) >= 11 is 0. The van der Waals surface area contributed by atoms with E-state index in [-0.39, 0.29) is 17.9 Å². The van der Waals surface area contributed by atoms with E-state index >= 15 is 0 Å². The number of carbonyl (C=O) groups excluding carboxylic acids is 1. The SMILES string of the molecule is O=C(CCCn1cncn1)N1CCC[C@](CO)(CCc2ccccc2)C1. The van der Waals surface area contributed by atoms with Crippen molar-refractivity contribution in [2.45, 2.75) is 45.1 Å². The first-order valence-electron chi connectivity index (χ1n) is 9.46. The molecule has 1 amide bonds. The summed E-state index contributed by atoms with van der Waals surface area (Å²) in [5, 5.41) is 14.1. The Bertz CT molecular complexity index is 674. The molecule has 0 aliphatic carbocycles. The number of nitrogens with zero attached hydrogens (tertiary/aromatic N) is 4. The van der Waals surface area contributed by atoms with E-state index in [1.165, 1.54) is 11.9 Å². The van der Waals surface area contributed by atoms with Crippen LogP contribution in [0.2, 0.25) is 0 Å². The number of aliphatic hydroxyl groups is 1. The second-order valence-corrected chi connectivity index (χ2v) is 7.32. The Kier molecular flexibility index (Phi) is 6.39. The summed E-state index contributed by atoms with van der Waals surface area (Å²) in [4.78, 5) is 18.5. The molecule has 0 spiro atoms. The summed E-state index contributed by atoms with van der Waals surface area (Å²) in [7, 11) is 0. The summed E-state index contributed by atoms with van der Waals surface area (Å²) < 4.78 is 1.75. The lowest BCUT2D eigenvalue weighted by Crippen LogP contribution is -2.48. The van der Waals surface area contributed by atoms with Gasteiger partial charge in [-0.3, -0.25) is 9.48 Å². The quantitative estimate of drug-likeness (QED) is 0.788. The van der Waals surface area contributed by atoms with Gasteiger partial charge in [0.25, 0.3) is 0 Å². The van der Waals surface area contributed by atoms with Crippen molar-refractivity contribution >= 4 is 5.91 Å². The van der Waals surface area contributed by atoms with Crippen LogP contribution in [0.5, 0.6) is 0 Å². The van der Waals surface area contributed by atoms with Crippen molar-refractivity contribution in [1.82, 2.24) is 19.7 Å². The van der Waals surface area contributed by atoms with Crippen molar-refractivity contribution in [2.75, 3.05) is 19.7 Å². The van der Waals surface area contributed by atoms with Crippen LogP contribution in [0, 0.1) is 5.41 Å². The highest BCUT2D eigenvalue weighted by atomic mass is 16.3. The molecule has 140 valence electrons. The van der Waals surface area contributed by atoms with E-state index < -0.39 is 0 Å². The van der Waals surface area contributed by atoms with Gasteiger partial charge in [-0.05, 0) is 37.7 Å². The lowest BCUT2D eigenvalue weighted by molar-refractivity contribution is -0.135. The molecule has 1 aliphatic heterocycles. The zero-order chi connectivity index (χ0) is 18.2.